The summed E-state index contributed by atoms with van der Waals surface area (Å²) in [5.41, 5.74) is 11.2. The van der Waals surface area contributed by atoms with Gasteiger partial charge in [0.25, 0.3) is 0 Å². The Labute approximate surface area is 172 Å². The number of carbonyl (C=O) groups excluding carboxylic acids is 1. The van der Waals surface area contributed by atoms with E-state index >= 15 is 0 Å². The number of tetrazole rings is 1. The van der Waals surface area contributed by atoms with Crippen LogP contribution in [0.5, 0.6) is 5.75 Å². The van der Waals surface area contributed by atoms with Crippen LogP contribution in [0.2, 0.25) is 5.82 Å². The van der Waals surface area contributed by atoms with Crippen molar-refractivity contribution in [3.8, 4) is 5.75 Å². The summed E-state index contributed by atoms with van der Waals surface area (Å²) < 4.78 is 6.94. The number of aliphatic imine (C=N–C) groups is 1. The van der Waals surface area contributed by atoms with Crippen LogP contribution in [0.1, 0.15) is 34.6 Å². The minimum Gasteiger partial charge on any atom is -0.535 e. The molecule has 12 nitrogen and oxygen atoms in total. The molecule has 1 aromatic carbocycles. The molecule has 13 heteroatoms. The molecule has 30 heavy (non-hydrogen) atoms. The first-order chi connectivity index (χ1) is 14.3. The summed E-state index contributed by atoms with van der Waals surface area (Å²) in [4.78, 5) is 27.8. The van der Waals surface area contributed by atoms with E-state index in [0.29, 0.717) is 37.3 Å². The second-order valence-electron chi connectivity index (χ2n) is 6.97. The largest absolute Gasteiger partial charge is 0.535 e. The van der Waals surface area contributed by atoms with Crippen LogP contribution in [0.15, 0.2) is 23.2 Å². The summed E-state index contributed by atoms with van der Waals surface area (Å²) in [6.45, 7) is 0.867. The molecule has 158 valence electrons. The topological polar surface area (TPSA) is 192 Å². The highest BCUT2D eigenvalue weighted by atomic mass is 16.5. The number of Topliss-reactive ketones (excluding diaryl/α,β-unsaturated/α-hetero) is 1. The minimum absolute atomic E-state index is 0.000534. The molecule has 6 N–H and O–H groups in total. The quantitative estimate of drug-likeness (QED) is 0.171. The Morgan fingerprint density at radius 3 is 2.90 bits per heavy atom. The third kappa shape index (κ3) is 5.11. The van der Waals surface area contributed by atoms with E-state index in [-0.39, 0.29) is 35.9 Å². The fourth-order valence-corrected chi connectivity index (χ4v) is 3.32. The van der Waals surface area contributed by atoms with Crippen LogP contribution in [0, 0.1) is 0 Å². The first-order valence-electron chi connectivity index (χ1n) is 9.37. The van der Waals surface area contributed by atoms with Crippen molar-refractivity contribution in [1.82, 2.24) is 20.2 Å². The lowest BCUT2D eigenvalue weighted by molar-refractivity contribution is -0.118. The van der Waals surface area contributed by atoms with E-state index in [0.717, 1.165) is 0 Å². The van der Waals surface area contributed by atoms with Gasteiger partial charge in [0, 0.05) is 25.3 Å². The van der Waals surface area contributed by atoms with E-state index < -0.39 is 18.9 Å². The summed E-state index contributed by atoms with van der Waals surface area (Å²) in [6.07, 6.45) is 0.966. The molecule has 0 bridgehead atoms. The summed E-state index contributed by atoms with van der Waals surface area (Å²) in [5.74, 6) is -1.25. The fourth-order valence-electron chi connectivity index (χ4n) is 3.32. The molecule has 0 radical (unpaired) electrons. The van der Waals surface area contributed by atoms with Crippen molar-refractivity contribution in [2.75, 3.05) is 6.54 Å². The average Bonchev–Trinajstić information content (AvgIpc) is 3.11. The van der Waals surface area contributed by atoms with Crippen LogP contribution in [0.25, 0.3) is 0 Å². The Hall–Kier alpha value is -3.48. The van der Waals surface area contributed by atoms with Gasteiger partial charge in [-0.25, -0.2) is 9.48 Å². The molecule has 2 heterocycles. The molecule has 1 aliphatic rings. The average molecular weight is 415 g/mol. The van der Waals surface area contributed by atoms with Gasteiger partial charge in [-0.1, -0.05) is 12.1 Å². The van der Waals surface area contributed by atoms with Crippen LogP contribution in [-0.4, -0.2) is 61.7 Å². The molecule has 0 saturated carbocycles. The lowest BCUT2D eigenvalue weighted by atomic mass is 9.64. The second-order valence-corrected chi connectivity index (χ2v) is 6.97. The predicted molar refractivity (Wildman–Crippen MR) is 106 cm³/mol. The number of carbonyl (C=O) groups is 2. The minimum atomic E-state index is -1.28. The zero-order valence-electron chi connectivity index (χ0n) is 16.1. The van der Waals surface area contributed by atoms with E-state index in [2.05, 4.69) is 20.5 Å². The number of carboxylic acid groups (broad SMARTS) is 1. The number of benzene rings is 1. The molecule has 0 amide bonds. The monoisotopic (exact) mass is 415 g/mol. The molecule has 0 fully saturated rings. The molecule has 0 spiro atoms. The molecule has 2 aromatic rings. The molecule has 1 aliphatic heterocycles. The third-order valence-electron chi connectivity index (χ3n) is 4.72. The normalized spacial score (nSPS) is 15.2. The van der Waals surface area contributed by atoms with Crippen molar-refractivity contribution in [2.24, 2.45) is 16.5 Å². The van der Waals surface area contributed by atoms with E-state index in [1.54, 1.807) is 12.1 Å². The van der Waals surface area contributed by atoms with E-state index in [4.69, 9.17) is 16.1 Å². The number of aromatic nitrogens is 4. The SMILES string of the molecule is NC(N)=NCCCn1nnnc1CC(=O)C[C@H]1Cc2cccc(C(=O)O)c2OB1O. The van der Waals surface area contributed by atoms with E-state index in [1.807, 2.05) is 0 Å². The van der Waals surface area contributed by atoms with Gasteiger partial charge in [0.1, 0.15) is 11.5 Å². The van der Waals surface area contributed by atoms with E-state index in [1.165, 1.54) is 10.7 Å². The Morgan fingerprint density at radius 2 is 2.17 bits per heavy atom. The predicted octanol–water partition coefficient (Wildman–Crippen LogP) is -0.978. The summed E-state index contributed by atoms with van der Waals surface area (Å²) in [6, 6.07) is 4.74. The lowest BCUT2D eigenvalue weighted by Gasteiger charge is -2.27. The second kappa shape index (κ2) is 9.35. The first-order valence-corrected chi connectivity index (χ1v) is 9.37. The zero-order valence-corrected chi connectivity index (χ0v) is 16.1. The molecule has 3 rings (SSSR count). The number of nitrogens with zero attached hydrogens (tertiary/aromatic N) is 5. The fraction of sp³-hybridized carbons (Fsp3) is 0.412. The first kappa shape index (κ1) is 21.2. The Morgan fingerprint density at radius 1 is 1.37 bits per heavy atom. The molecular formula is C17H22BN7O5. The summed E-state index contributed by atoms with van der Waals surface area (Å²) >= 11 is 0. The molecular weight excluding hydrogens is 393 g/mol. The Kier molecular flexibility index (Phi) is 6.62. The van der Waals surface area contributed by atoms with Gasteiger partial charge < -0.3 is 26.3 Å². The maximum atomic E-state index is 12.6. The van der Waals surface area contributed by atoms with E-state index in [9.17, 15) is 19.7 Å². The summed E-state index contributed by atoms with van der Waals surface area (Å²) in [5, 5.41) is 30.9. The van der Waals surface area contributed by atoms with Gasteiger partial charge in [-0.15, -0.1) is 5.10 Å². The molecule has 1 atom stereocenters. The molecule has 0 aliphatic carbocycles. The number of aryl methyl sites for hydroxylation is 1. The van der Waals surface area contributed by atoms with Crippen molar-refractivity contribution in [2.45, 2.75) is 38.0 Å². The highest BCUT2D eigenvalue weighted by molar-refractivity contribution is 6.47. The lowest BCUT2D eigenvalue weighted by Crippen LogP contribution is -2.36. The number of nitrogens with two attached hydrogens (primary N) is 2. The van der Waals surface area contributed by atoms with Gasteiger partial charge in [-0.3, -0.25) is 9.79 Å². The van der Waals surface area contributed by atoms with Crippen molar-refractivity contribution >= 4 is 24.8 Å². The van der Waals surface area contributed by atoms with Crippen LogP contribution in [0.3, 0.4) is 0 Å². The number of fused-ring (bicyclic) bond motifs is 1. The van der Waals surface area contributed by atoms with Gasteiger partial charge >= 0.3 is 13.1 Å². The Balaban J connectivity index is 1.60. The van der Waals surface area contributed by atoms with Crippen molar-refractivity contribution in [3.63, 3.8) is 0 Å². The highest BCUT2D eigenvalue weighted by Crippen LogP contribution is 2.36. The number of ketones is 1. The number of guanidine groups is 1. The van der Waals surface area contributed by atoms with Gasteiger partial charge in [-0.2, -0.15) is 0 Å². The number of para-hydroxylation sites is 1. The number of rotatable bonds is 9. The number of carboxylic acids is 1. The molecule has 0 unspecified atom stereocenters. The Bertz CT molecular complexity index is 960. The molecule has 0 saturated heterocycles. The van der Waals surface area contributed by atoms with Crippen LogP contribution in [0.4, 0.5) is 0 Å². The van der Waals surface area contributed by atoms with Gasteiger partial charge in [0.2, 0.25) is 0 Å². The smallest absolute Gasteiger partial charge is 0.526 e. The number of hydrogen-bond donors (Lipinski definition) is 4. The van der Waals surface area contributed by atoms with Gasteiger partial charge in [-0.05, 0) is 34.9 Å². The van der Waals surface area contributed by atoms with Crippen molar-refractivity contribution < 1.29 is 24.4 Å². The van der Waals surface area contributed by atoms with Gasteiger partial charge in [0.15, 0.2) is 11.8 Å². The standard InChI is InChI=1S/C17H22BN7O5/c19-17(20)21-5-2-6-25-14(22-23-24-25)9-12(26)8-11-7-10-3-1-4-13(16(27)28)15(10)30-18(11)29/h1,3-4,11,29H,2,5-9H2,(H,27,28)(H4,19,20,21)/t11-/m1/s1. The zero-order chi connectivity index (χ0) is 21.7. The highest BCUT2D eigenvalue weighted by Gasteiger charge is 2.37. The summed E-state index contributed by atoms with van der Waals surface area (Å²) in [7, 11) is -1.28. The van der Waals surface area contributed by atoms with Crippen molar-refractivity contribution in [3.05, 3.63) is 35.2 Å². The maximum Gasteiger partial charge on any atom is 0.526 e. The van der Waals surface area contributed by atoms with Gasteiger partial charge in [0.05, 0.1) is 12.0 Å². The van der Waals surface area contributed by atoms with Crippen LogP contribution in [-0.2, 0) is 24.2 Å². The van der Waals surface area contributed by atoms with Crippen LogP contribution >= 0.6 is 0 Å². The van der Waals surface area contributed by atoms with Crippen LogP contribution < -0.4 is 16.1 Å². The van der Waals surface area contributed by atoms with Crippen molar-refractivity contribution in [1.29, 1.82) is 0 Å². The number of hydrogen-bond acceptors (Lipinski definition) is 8. The maximum absolute atomic E-state index is 12.6. The third-order valence-corrected chi connectivity index (χ3v) is 4.72. The molecule has 1 aromatic heterocycles. The number of aromatic carboxylic acids is 1.